The number of anilines is 2. The second kappa shape index (κ2) is 12.4. The number of nitrogens with one attached hydrogen (secondary N) is 3. The lowest BCUT2D eigenvalue weighted by molar-refractivity contribution is 0.0456. The maximum Gasteiger partial charge on any atom is 0.149 e. The van der Waals surface area contributed by atoms with Crippen molar-refractivity contribution in [3.05, 3.63) is 36.5 Å². The van der Waals surface area contributed by atoms with Crippen LogP contribution in [0.4, 0.5) is 15.9 Å². The quantitative estimate of drug-likeness (QED) is 0.446. The predicted octanol–water partition coefficient (Wildman–Crippen LogP) is 4.36. The molecular weight excluding hydrogens is 459 g/mol. The fourth-order valence-electron chi connectivity index (χ4n) is 5.10. The Morgan fingerprint density at radius 3 is 2.64 bits per heavy atom. The van der Waals surface area contributed by atoms with Gasteiger partial charge in [0.25, 0.3) is 0 Å². The summed E-state index contributed by atoms with van der Waals surface area (Å²) in [6.45, 7) is 4.54. The second-order valence-corrected chi connectivity index (χ2v) is 10.1. The number of pyridine rings is 2. The van der Waals surface area contributed by atoms with E-state index in [2.05, 4.69) is 38.9 Å². The van der Waals surface area contributed by atoms with E-state index in [1.807, 2.05) is 6.07 Å². The molecule has 2 aromatic heterocycles. The molecule has 2 fully saturated rings. The maximum atomic E-state index is 14.8. The Balaban J connectivity index is 1.37. The Bertz CT molecular complexity index is 1030. The predicted molar refractivity (Wildman–Crippen MR) is 138 cm³/mol. The lowest BCUT2D eigenvalue weighted by Crippen LogP contribution is -2.42. The topological polar surface area (TPSA) is 104 Å². The van der Waals surface area contributed by atoms with E-state index >= 15 is 0 Å². The summed E-state index contributed by atoms with van der Waals surface area (Å²) < 4.78 is 25.4. The van der Waals surface area contributed by atoms with Crippen LogP contribution < -0.4 is 16.0 Å². The van der Waals surface area contributed by atoms with Gasteiger partial charge in [-0.1, -0.05) is 0 Å². The van der Waals surface area contributed by atoms with E-state index in [0.29, 0.717) is 74.3 Å². The van der Waals surface area contributed by atoms with E-state index in [1.54, 1.807) is 25.6 Å². The number of rotatable bonds is 10. The van der Waals surface area contributed by atoms with Crippen LogP contribution in [-0.4, -0.2) is 61.6 Å². The van der Waals surface area contributed by atoms with Gasteiger partial charge in [-0.2, -0.15) is 5.26 Å². The summed E-state index contributed by atoms with van der Waals surface area (Å²) in [7, 11) is 1.73. The Labute approximate surface area is 213 Å². The van der Waals surface area contributed by atoms with Gasteiger partial charge in [0.2, 0.25) is 0 Å². The molecule has 0 radical (unpaired) electrons. The zero-order valence-electron chi connectivity index (χ0n) is 21.2. The van der Waals surface area contributed by atoms with E-state index < -0.39 is 11.2 Å². The van der Waals surface area contributed by atoms with Crippen LogP contribution in [0.25, 0.3) is 11.1 Å². The fourth-order valence-corrected chi connectivity index (χ4v) is 5.10. The SMILES string of the molecule is COC[C@H](C)NC1CCC(Nc2cc(-c3cncc(NCC4(C#N)CCOCC4)c3)c(F)cn2)CC1. The Kier molecular flexibility index (Phi) is 9.08. The minimum atomic E-state index is -0.455. The van der Waals surface area contributed by atoms with Crippen molar-refractivity contribution in [3.63, 3.8) is 0 Å². The second-order valence-electron chi connectivity index (χ2n) is 10.1. The minimum Gasteiger partial charge on any atom is -0.383 e. The number of ether oxygens (including phenoxy) is 2. The molecular formula is C27H37FN6O2. The molecule has 194 valence electrons. The van der Waals surface area contributed by atoms with Gasteiger partial charge in [-0.3, -0.25) is 4.98 Å². The summed E-state index contributed by atoms with van der Waals surface area (Å²) in [6.07, 6.45) is 10.2. The molecule has 3 N–H and O–H groups in total. The Morgan fingerprint density at radius 1 is 1.17 bits per heavy atom. The van der Waals surface area contributed by atoms with Crippen LogP contribution in [0.3, 0.4) is 0 Å². The van der Waals surface area contributed by atoms with Crippen LogP contribution in [-0.2, 0) is 9.47 Å². The summed E-state index contributed by atoms with van der Waals surface area (Å²) >= 11 is 0. The van der Waals surface area contributed by atoms with Crippen LogP contribution in [0.2, 0.25) is 0 Å². The minimum absolute atomic E-state index is 0.305. The summed E-state index contributed by atoms with van der Waals surface area (Å²) in [5.41, 5.74) is 1.42. The van der Waals surface area contributed by atoms with Gasteiger partial charge in [-0.15, -0.1) is 0 Å². The van der Waals surface area contributed by atoms with E-state index in [4.69, 9.17) is 9.47 Å². The third-order valence-electron chi connectivity index (χ3n) is 7.24. The highest BCUT2D eigenvalue weighted by Crippen LogP contribution is 2.31. The number of hydrogen-bond acceptors (Lipinski definition) is 8. The van der Waals surface area contributed by atoms with Gasteiger partial charge in [-0.25, -0.2) is 9.37 Å². The maximum absolute atomic E-state index is 14.8. The molecule has 0 aromatic carbocycles. The summed E-state index contributed by atoms with van der Waals surface area (Å²) in [5, 5.41) is 20.2. The molecule has 3 heterocycles. The van der Waals surface area contributed by atoms with Crippen molar-refractivity contribution in [2.24, 2.45) is 5.41 Å². The number of nitriles is 1. The number of nitrogens with zero attached hydrogens (tertiary/aromatic N) is 3. The number of methoxy groups -OCH3 is 1. The lowest BCUT2D eigenvalue weighted by atomic mass is 9.81. The molecule has 0 spiro atoms. The van der Waals surface area contributed by atoms with Gasteiger partial charge >= 0.3 is 0 Å². The van der Waals surface area contributed by atoms with Gasteiger partial charge in [0.15, 0.2) is 0 Å². The van der Waals surface area contributed by atoms with Crippen molar-refractivity contribution in [2.75, 3.05) is 44.1 Å². The van der Waals surface area contributed by atoms with Crippen molar-refractivity contribution in [1.29, 1.82) is 5.26 Å². The third kappa shape index (κ3) is 6.90. The van der Waals surface area contributed by atoms with E-state index in [9.17, 15) is 9.65 Å². The molecule has 0 bridgehead atoms. The highest BCUT2D eigenvalue weighted by atomic mass is 19.1. The molecule has 4 rings (SSSR count). The van der Waals surface area contributed by atoms with Crippen molar-refractivity contribution < 1.29 is 13.9 Å². The van der Waals surface area contributed by atoms with Crippen molar-refractivity contribution >= 4 is 11.5 Å². The first kappa shape index (κ1) is 26.3. The molecule has 1 saturated carbocycles. The first-order chi connectivity index (χ1) is 17.5. The van der Waals surface area contributed by atoms with Crippen LogP contribution >= 0.6 is 0 Å². The van der Waals surface area contributed by atoms with E-state index in [1.165, 1.54) is 6.20 Å². The highest BCUT2D eigenvalue weighted by molar-refractivity contribution is 5.69. The largest absolute Gasteiger partial charge is 0.383 e. The number of hydrogen-bond donors (Lipinski definition) is 3. The van der Waals surface area contributed by atoms with E-state index in [-0.39, 0.29) is 0 Å². The standard InChI is InChI=1S/C27H37FN6O2/c1-19(16-35-2)33-21-3-5-22(6-4-21)34-26-12-24(25(28)15-31-26)20-11-23(14-30-13-20)32-18-27(17-29)7-9-36-10-8-27/h11-15,19,21-22,32-33H,3-10,16,18H2,1-2H3,(H,31,34)/t19-,21?,22?/m0/s1. The monoisotopic (exact) mass is 496 g/mol. The molecule has 1 aliphatic carbocycles. The summed E-state index contributed by atoms with van der Waals surface area (Å²) in [4.78, 5) is 8.60. The molecule has 1 saturated heterocycles. The smallest absolute Gasteiger partial charge is 0.149 e. The summed E-state index contributed by atoms with van der Waals surface area (Å²) in [6, 6.07) is 7.23. The van der Waals surface area contributed by atoms with Gasteiger partial charge in [0, 0.05) is 68.5 Å². The molecule has 1 aliphatic heterocycles. The molecule has 2 aromatic rings. The molecule has 1 atom stereocenters. The highest BCUT2D eigenvalue weighted by Gasteiger charge is 2.32. The van der Waals surface area contributed by atoms with Crippen LogP contribution in [0.5, 0.6) is 0 Å². The Morgan fingerprint density at radius 2 is 1.92 bits per heavy atom. The van der Waals surface area contributed by atoms with Gasteiger partial charge < -0.3 is 25.4 Å². The molecule has 8 nitrogen and oxygen atoms in total. The van der Waals surface area contributed by atoms with Crippen LogP contribution in [0.1, 0.15) is 45.4 Å². The van der Waals surface area contributed by atoms with Crippen LogP contribution in [0, 0.1) is 22.6 Å². The van der Waals surface area contributed by atoms with Crippen LogP contribution in [0.15, 0.2) is 30.7 Å². The van der Waals surface area contributed by atoms with Gasteiger partial charge in [0.1, 0.15) is 11.6 Å². The molecule has 36 heavy (non-hydrogen) atoms. The average Bonchev–Trinajstić information content (AvgIpc) is 2.90. The molecule has 0 amide bonds. The Hall–Kier alpha value is -2.80. The summed E-state index contributed by atoms with van der Waals surface area (Å²) in [5.74, 6) is 0.275. The zero-order chi connectivity index (χ0) is 25.4. The van der Waals surface area contributed by atoms with Crippen molar-refractivity contribution in [1.82, 2.24) is 15.3 Å². The first-order valence-corrected chi connectivity index (χ1v) is 12.9. The molecule has 9 heteroatoms. The zero-order valence-corrected chi connectivity index (χ0v) is 21.2. The lowest BCUT2D eigenvalue weighted by Gasteiger charge is -2.32. The fraction of sp³-hybridized carbons (Fsp3) is 0.593. The number of halogens is 1. The average molecular weight is 497 g/mol. The molecule has 2 aliphatic rings. The van der Waals surface area contributed by atoms with Crippen molar-refractivity contribution in [2.45, 2.75) is 63.6 Å². The molecule has 0 unspecified atom stereocenters. The van der Waals surface area contributed by atoms with Gasteiger partial charge in [-0.05, 0) is 57.6 Å². The van der Waals surface area contributed by atoms with E-state index in [0.717, 1.165) is 31.4 Å². The first-order valence-electron chi connectivity index (χ1n) is 12.9. The third-order valence-corrected chi connectivity index (χ3v) is 7.24. The van der Waals surface area contributed by atoms with Crippen molar-refractivity contribution in [3.8, 4) is 17.2 Å². The number of aromatic nitrogens is 2. The van der Waals surface area contributed by atoms with Gasteiger partial charge in [0.05, 0.1) is 30.0 Å². The normalized spacial score (nSPS) is 22.4.